The largest absolute Gasteiger partial charge is 0.351 e. The van der Waals surface area contributed by atoms with Crippen molar-refractivity contribution in [2.75, 3.05) is 11.9 Å². The second-order valence-corrected chi connectivity index (χ2v) is 1.87. The van der Waals surface area contributed by atoms with Crippen molar-refractivity contribution in [1.82, 2.24) is 15.0 Å². The second-order valence-electron chi connectivity index (χ2n) is 1.87. The number of aromatic nitrogens is 3. The summed E-state index contributed by atoms with van der Waals surface area (Å²) in [6, 6.07) is 1.88. The molecule has 12 heavy (non-hydrogen) atoms. The van der Waals surface area contributed by atoms with E-state index >= 15 is 0 Å². The summed E-state index contributed by atoms with van der Waals surface area (Å²) in [5.74, 6) is 0.507. The number of nitrogens with zero attached hydrogens (tertiary/aromatic N) is 4. The monoisotopic (exact) mass is 161 g/mol. The van der Waals surface area contributed by atoms with Gasteiger partial charge in [0, 0.05) is 12.6 Å². The molecule has 0 aliphatic heterocycles. The van der Waals surface area contributed by atoms with Crippen molar-refractivity contribution in [2.45, 2.75) is 0 Å². The molecular formula is C7H7N5. The van der Waals surface area contributed by atoms with Gasteiger partial charge in [0.15, 0.2) is 0 Å². The minimum absolute atomic E-state index is 0.507. The van der Waals surface area contributed by atoms with Crippen molar-refractivity contribution in [3.63, 3.8) is 0 Å². The zero-order valence-electron chi connectivity index (χ0n) is 6.31. The fraction of sp³-hybridized carbons (Fsp3) is 0.143. The molecule has 1 aromatic rings. The topological polar surface area (TPSA) is 74.5 Å². The summed E-state index contributed by atoms with van der Waals surface area (Å²) in [5, 5.41) is 11.0. The van der Waals surface area contributed by atoms with E-state index in [2.05, 4.69) is 20.3 Å². The number of allylic oxidation sites excluding steroid dienone is 1. The van der Waals surface area contributed by atoms with Gasteiger partial charge < -0.3 is 5.32 Å². The van der Waals surface area contributed by atoms with E-state index in [1.54, 1.807) is 6.08 Å². The summed E-state index contributed by atoms with van der Waals surface area (Å²) in [7, 11) is 0. The van der Waals surface area contributed by atoms with Crippen molar-refractivity contribution in [3.8, 4) is 6.07 Å². The van der Waals surface area contributed by atoms with Crippen LogP contribution in [0.5, 0.6) is 0 Å². The van der Waals surface area contributed by atoms with Crippen molar-refractivity contribution in [3.05, 3.63) is 24.8 Å². The molecule has 0 radical (unpaired) electrons. The molecule has 60 valence electrons. The first-order chi connectivity index (χ1) is 5.93. The van der Waals surface area contributed by atoms with Crippen LogP contribution in [-0.2, 0) is 0 Å². The molecule has 0 fully saturated rings. The standard InChI is InChI=1S/C7H7N5/c8-3-1-2-4-10-7-11-5-9-6-12-7/h1-2,5-6H,4H2,(H,9,10,11,12). The molecule has 0 unspecified atom stereocenters. The molecule has 1 N–H and O–H groups in total. The Labute approximate surface area is 69.8 Å². The summed E-state index contributed by atoms with van der Waals surface area (Å²) >= 11 is 0. The molecule has 0 aliphatic rings. The predicted octanol–water partition coefficient (Wildman–Crippen LogP) is 0.363. The molecule has 1 aromatic heterocycles. The van der Waals surface area contributed by atoms with E-state index < -0.39 is 0 Å². The Morgan fingerprint density at radius 3 is 2.92 bits per heavy atom. The first-order valence-electron chi connectivity index (χ1n) is 3.34. The zero-order chi connectivity index (χ0) is 8.65. The third-order valence-corrected chi connectivity index (χ3v) is 1.06. The highest BCUT2D eigenvalue weighted by molar-refractivity contribution is 5.22. The van der Waals surface area contributed by atoms with E-state index in [9.17, 15) is 0 Å². The Hall–Kier alpha value is -1.96. The van der Waals surface area contributed by atoms with Gasteiger partial charge in [-0.2, -0.15) is 5.26 Å². The molecule has 0 saturated heterocycles. The third kappa shape index (κ3) is 2.75. The molecule has 0 bridgehead atoms. The van der Waals surface area contributed by atoms with Gasteiger partial charge in [0.1, 0.15) is 12.7 Å². The lowest BCUT2D eigenvalue weighted by atomic mass is 10.5. The Morgan fingerprint density at radius 2 is 2.25 bits per heavy atom. The lowest BCUT2D eigenvalue weighted by Gasteiger charge is -1.96. The summed E-state index contributed by atoms with van der Waals surface area (Å²) in [6.07, 6.45) is 5.89. The molecule has 1 rings (SSSR count). The summed E-state index contributed by atoms with van der Waals surface area (Å²) in [6.45, 7) is 0.539. The van der Waals surface area contributed by atoms with Gasteiger partial charge in [-0.25, -0.2) is 15.0 Å². The molecule has 0 saturated carbocycles. The number of nitrogens with one attached hydrogen (secondary N) is 1. The average molecular weight is 161 g/mol. The minimum atomic E-state index is 0.507. The highest BCUT2D eigenvalue weighted by Gasteiger charge is 1.87. The highest BCUT2D eigenvalue weighted by atomic mass is 15.1. The van der Waals surface area contributed by atoms with E-state index in [1.807, 2.05) is 6.07 Å². The minimum Gasteiger partial charge on any atom is -0.351 e. The van der Waals surface area contributed by atoms with Crippen LogP contribution in [0, 0.1) is 11.3 Å². The molecule has 5 heteroatoms. The molecule has 5 nitrogen and oxygen atoms in total. The van der Waals surface area contributed by atoms with Gasteiger partial charge in [0.05, 0.1) is 6.07 Å². The zero-order valence-corrected chi connectivity index (χ0v) is 6.31. The van der Waals surface area contributed by atoms with Crippen LogP contribution in [0.1, 0.15) is 0 Å². The Morgan fingerprint density at radius 1 is 1.50 bits per heavy atom. The summed E-state index contributed by atoms with van der Waals surface area (Å²) in [4.78, 5) is 11.3. The molecule has 0 aromatic carbocycles. The van der Waals surface area contributed by atoms with Gasteiger partial charge in [0.2, 0.25) is 5.95 Å². The second kappa shape index (κ2) is 4.79. The summed E-state index contributed by atoms with van der Waals surface area (Å²) in [5.41, 5.74) is 0. The van der Waals surface area contributed by atoms with Gasteiger partial charge in [-0.1, -0.05) is 6.08 Å². The van der Waals surface area contributed by atoms with Crippen LogP contribution < -0.4 is 5.32 Å². The third-order valence-electron chi connectivity index (χ3n) is 1.06. The predicted molar refractivity (Wildman–Crippen MR) is 43.1 cm³/mol. The van der Waals surface area contributed by atoms with E-state index in [4.69, 9.17) is 5.26 Å². The van der Waals surface area contributed by atoms with Crippen LogP contribution in [0.25, 0.3) is 0 Å². The maximum Gasteiger partial charge on any atom is 0.225 e. The lowest BCUT2D eigenvalue weighted by molar-refractivity contribution is 1.03. The molecule has 0 amide bonds. The van der Waals surface area contributed by atoms with Crippen LogP contribution >= 0.6 is 0 Å². The number of hydrogen-bond donors (Lipinski definition) is 1. The Bertz CT molecular complexity index is 286. The highest BCUT2D eigenvalue weighted by Crippen LogP contribution is 1.89. The molecule has 1 heterocycles. The van der Waals surface area contributed by atoms with Crippen molar-refractivity contribution < 1.29 is 0 Å². The molecule has 0 atom stereocenters. The fourth-order valence-electron chi connectivity index (χ4n) is 0.592. The van der Waals surface area contributed by atoms with Crippen LogP contribution in [0.15, 0.2) is 24.8 Å². The van der Waals surface area contributed by atoms with Crippen LogP contribution in [0.3, 0.4) is 0 Å². The Balaban J connectivity index is 2.35. The van der Waals surface area contributed by atoms with Crippen molar-refractivity contribution >= 4 is 5.95 Å². The first-order valence-corrected chi connectivity index (χ1v) is 3.34. The number of rotatable bonds is 3. The van der Waals surface area contributed by atoms with Gasteiger partial charge in [-0.05, 0) is 0 Å². The number of hydrogen-bond acceptors (Lipinski definition) is 5. The van der Waals surface area contributed by atoms with E-state index in [0.717, 1.165) is 0 Å². The first kappa shape index (κ1) is 8.14. The van der Waals surface area contributed by atoms with E-state index in [1.165, 1.54) is 18.7 Å². The number of anilines is 1. The van der Waals surface area contributed by atoms with Crippen LogP contribution in [0.4, 0.5) is 5.95 Å². The summed E-state index contributed by atoms with van der Waals surface area (Å²) < 4.78 is 0. The van der Waals surface area contributed by atoms with Crippen molar-refractivity contribution in [2.24, 2.45) is 0 Å². The van der Waals surface area contributed by atoms with Crippen molar-refractivity contribution in [1.29, 1.82) is 5.26 Å². The Kier molecular flexibility index (Phi) is 3.25. The van der Waals surface area contributed by atoms with Gasteiger partial charge in [-0.15, -0.1) is 0 Å². The van der Waals surface area contributed by atoms with Gasteiger partial charge in [-0.3, -0.25) is 0 Å². The van der Waals surface area contributed by atoms with Crippen LogP contribution in [0.2, 0.25) is 0 Å². The van der Waals surface area contributed by atoms with Gasteiger partial charge >= 0.3 is 0 Å². The maximum absolute atomic E-state index is 8.16. The molecule has 0 aliphatic carbocycles. The molecule has 0 spiro atoms. The van der Waals surface area contributed by atoms with Gasteiger partial charge in [0.25, 0.3) is 0 Å². The fourth-order valence-corrected chi connectivity index (χ4v) is 0.592. The SMILES string of the molecule is N#CC=CCNc1ncncn1. The maximum atomic E-state index is 8.16. The van der Waals surface area contributed by atoms with E-state index in [0.29, 0.717) is 12.5 Å². The smallest absolute Gasteiger partial charge is 0.225 e. The molecular weight excluding hydrogens is 154 g/mol. The van der Waals surface area contributed by atoms with E-state index in [-0.39, 0.29) is 0 Å². The normalized spacial score (nSPS) is 9.58. The van der Waals surface area contributed by atoms with Crippen LogP contribution in [-0.4, -0.2) is 21.5 Å². The quantitative estimate of drug-likeness (QED) is 0.648. The lowest BCUT2D eigenvalue weighted by Crippen LogP contribution is -2.02. The number of nitriles is 1. The average Bonchev–Trinajstić information content (AvgIpc) is 2.14.